The molecule has 0 aromatic rings. The van der Waals surface area contributed by atoms with E-state index in [2.05, 4.69) is 23.9 Å². The first-order chi connectivity index (χ1) is 6.59. The Balaban J connectivity index is 2.10. The van der Waals surface area contributed by atoms with Gasteiger partial charge in [0.15, 0.2) is 0 Å². The van der Waals surface area contributed by atoms with Gasteiger partial charge in [-0.05, 0) is 59.4 Å². The predicted octanol–water partition coefficient (Wildman–Crippen LogP) is 0.641. The second-order valence-electron chi connectivity index (χ2n) is 4.75. The minimum atomic E-state index is -0.131. The van der Waals surface area contributed by atoms with E-state index in [0.29, 0.717) is 5.92 Å². The summed E-state index contributed by atoms with van der Waals surface area (Å²) in [5, 5.41) is 9.45. The van der Waals surface area contributed by atoms with Crippen molar-refractivity contribution in [3.8, 4) is 0 Å². The molecule has 2 atom stereocenters. The summed E-state index contributed by atoms with van der Waals surface area (Å²) >= 11 is 0. The van der Waals surface area contributed by atoms with Gasteiger partial charge >= 0.3 is 0 Å². The molecule has 0 saturated carbocycles. The highest BCUT2D eigenvalue weighted by molar-refractivity contribution is 4.78. The van der Waals surface area contributed by atoms with Crippen LogP contribution in [-0.2, 0) is 0 Å². The van der Waals surface area contributed by atoms with Gasteiger partial charge in [0.1, 0.15) is 0 Å². The van der Waals surface area contributed by atoms with Crippen LogP contribution >= 0.6 is 0 Å². The van der Waals surface area contributed by atoms with Crippen LogP contribution in [0, 0.1) is 5.92 Å². The Morgan fingerprint density at radius 1 is 1.50 bits per heavy atom. The first-order valence-corrected chi connectivity index (χ1v) is 5.64. The van der Waals surface area contributed by atoms with Gasteiger partial charge in [0.25, 0.3) is 0 Å². The van der Waals surface area contributed by atoms with Crippen LogP contribution in [0.4, 0.5) is 0 Å². The zero-order chi connectivity index (χ0) is 10.6. The lowest BCUT2D eigenvalue weighted by Crippen LogP contribution is -2.27. The highest BCUT2D eigenvalue weighted by Gasteiger charge is 2.25. The second kappa shape index (κ2) is 5.69. The molecule has 0 aromatic carbocycles. The monoisotopic (exact) mass is 200 g/mol. The molecule has 14 heavy (non-hydrogen) atoms. The SMILES string of the molecule is CC(O)C1CCN(CCCN(C)C)C1. The Morgan fingerprint density at radius 2 is 2.21 bits per heavy atom. The van der Waals surface area contributed by atoms with E-state index in [4.69, 9.17) is 0 Å². The van der Waals surface area contributed by atoms with Crippen LogP contribution in [0.25, 0.3) is 0 Å². The van der Waals surface area contributed by atoms with E-state index in [1.54, 1.807) is 0 Å². The average molecular weight is 200 g/mol. The van der Waals surface area contributed by atoms with Gasteiger partial charge in [-0.25, -0.2) is 0 Å². The number of nitrogens with zero attached hydrogens (tertiary/aromatic N) is 2. The van der Waals surface area contributed by atoms with E-state index in [9.17, 15) is 5.11 Å². The first-order valence-electron chi connectivity index (χ1n) is 5.64. The van der Waals surface area contributed by atoms with Crippen LogP contribution in [0.3, 0.4) is 0 Å². The van der Waals surface area contributed by atoms with Crippen molar-refractivity contribution in [1.29, 1.82) is 0 Å². The molecular formula is C11H24N2O. The number of hydrogen-bond acceptors (Lipinski definition) is 3. The van der Waals surface area contributed by atoms with Crippen molar-refractivity contribution in [2.75, 3.05) is 40.3 Å². The van der Waals surface area contributed by atoms with E-state index < -0.39 is 0 Å². The summed E-state index contributed by atoms with van der Waals surface area (Å²) in [6, 6.07) is 0. The molecule has 1 fully saturated rings. The van der Waals surface area contributed by atoms with Crippen molar-refractivity contribution in [3.63, 3.8) is 0 Å². The zero-order valence-electron chi connectivity index (χ0n) is 9.74. The molecule has 3 heteroatoms. The maximum Gasteiger partial charge on any atom is 0.0552 e. The summed E-state index contributed by atoms with van der Waals surface area (Å²) in [5.41, 5.74) is 0. The number of hydrogen-bond donors (Lipinski definition) is 1. The van der Waals surface area contributed by atoms with Crippen LogP contribution in [0.1, 0.15) is 19.8 Å². The largest absolute Gasteiger partial charge is 0.393 e. The fourth-order valence-electron chi connectivity index (χ4n) is 2.07. The summed E-state index contributed by atoms with van der Waals surface area (Å²) in [4.78, 5) is 4.70. The Morgan fingerprint density at radius 3 is 2.71 bits per heavy atom. The molecule has 3 nitrogen and oxygen atoms in total. The first kappa shape index (κ1) is 12.0. The van der Waals surface area contributed by atoms with Crippen LogP contribution in [-0.4, -0.2) is 61.3 Å². The third kappa shape index (κ3) is 3.95. The van der Waals surface area contributed by atoms with Crippen molar-refractivity contribution in [2.45, 2.75) is 25.9 Å². The molecule has 0 amide bonds. The number of rotatable bonds is 5. The molecule has 0 spiro atoms. The highest BCUT2D eigenvalue weighted by atomic mass is 16.3. The Hall–Kier alpha value is -0.120. The van der Waals surface area contributed by atoms with E-state index in [1.807, 2.05) is 6.92 Å². The molecule has 0 aromatic heterocycles. The van der Waals surface area contributed by atoms with Crippen molar-refractivity contribution in [1.82, 2.24) is 9.80 Å². The highest BCUT2D eigenvalue weighted by Crippen LogP contribution is 2.19. The van der Waals surface area contributed by atoms with Gasteiger partial charge in [-0.15, -0.1) is 0 Å². The molecular weight excluding hydrogens is 176 g/mol. The molecule has 2 unspecified atom stereocenters. The maximum atomic E-state index is 9.45. The van der Waals surface area contributed by atoms with Gasteiger partial charge < -0.3 is 14.9 Å². The van der Waals surface area contributed by atoms with Crippen molar-refractivity contribution in [3.05, 3.63) is 0 Å². The van der Waals surface area contributed by atoms with E-state index in [1.165, 1.54) is 25.9 Å². The minimum Gasteiger partial charge on any atom is -0.393 e. The van der Waals surface area contributed by atoms with Gasteiger partial charge in [0, 0.05) is 6.54 Å². The van der Waals surface area contributed by atoms with Gasteiger partial charge in [0.05, 0.1) is 6.10 Å². The fourth-order valence-corrected chi connectivity index (χ4v) is 2.07. The molecule has 1 N–H and O–H groups in total. The van der Waals surface area contributed by atoms with Gasteiger partial charge in [-0.1, -0.05) is 0 Å². The Bertz CT molecular complexity index is 159. The summed E-state index contributed by atoms with van der Waals surface area (Å²) in [5.74, 6) is 0.509. The molecule has 84 valence electrons. The van der Waals surface area contributed by atoms with Gasteiger partial charge in [-0.3, -0.25) is 0 Å². The lowest BCUT2D eigenvalue weighted by atomic mass is 10.0. The molecule has 1 aliphatic heterocycles. The molecule has 1 aliphatic rings. The van der Waals surface area contributed by atoms with E-state index >= 15 is 0 Å². The Kier molecular flexibility index (Phi) is 4.85. The van der Waals surface area contributed by atoms with E-state index in [-0.39, 0.29) is 6.10 Å². The third-order valence-electron chi connectivity index (χ3n) is 3.07. The normalized spacial score (nSPS) is 25.9. The van der Waals surface area contributed by atoms with Gasteiger partial charge in [0.2, 0.25) is 0 Å². The number of aliphatic hydroxyl groups is 1. The predicted molar refractivity (Wildman–Crippen MR) is 59.4 cm³/mol. The summed E-state index contributed by atoms with van der Waals surface area (Å²) in [6.45, 7) is 6.51. The average Bonchev–Trinajstić information content (AvgIpc) is 2.52. The summed E-state index contributed by atoms with van der Waals surface area (Å²) < 4.78 is 0. The van der Waals surface area contributed by atoms with E-state index in [0.717, 1.165) is 13.1 Å². The quantitative estimate of drug-likeness (QED) is 0.705. The molecule has 0 radical (unpaired) electrons. The lowest BCUT2D eigenvalue weighted by molar-refractivity contribution is 0.127. The zero-order valence-corrected chi connectivity index (χ0v) is 9.74. The summed E-state index contributed by atoms with van der Waals surface area (Å²) in [7, 11) is 4.23. The van der Waals surface area contributed by atoms with Crippen molar-refractivity contribution >= 4 is 0 Å². The molecule has 1 rings (SSSR count). The molecule has 1 saturated heterocycles. The van der Waals surface area contributed by atoms with Crippen molar-refractivity contribution < 1.29 is 5.11 Å². The van der Waals surface area contributed by atoms with Gasteiger partial charge in [-0.2, -0.15) is 0 Å². The number of likely N-dealkylation sites (tertiary alicyclic amines) is 1. The maximum absolute atomic E-state index is 9.45. The van der Waals surface area contributed by atoms with Crippen molar-refractivity contribution in [2.24, 2.45) is 5.92 Å². The van der Waals surface area contributed by atoms with Crippen LogP contribution in [0.5, 0.6) is 0 Å². The summed E-state index contributed by atoms with van der Waals surface area (Å²) in [6.07, 6.45) is 2.27. The molecule has 1 heterocycles. The molecule has 0 aliphatic carbocycles. The lowest BCUT2D eigenvalue weighted by Gasteiger charge is -2.18. The third-order valence-corrected chi connectivity index (χ3v) is 3.07. The molecule has 0 bridgehead atoms. The minimum absolute atomic E-state index is 0.131. The fraction of sp³-hybridized carbons (Fsp3) is 1.00. The smallest absolute Gasteiger partial charge is 0.0552 e. The Labute approximate surface area is 87.7 Å². The second-order valence-corrected chi connectivity index (χ2v) is 4.75. The standard InChI is InChI=1S/C11H24N2O/c1-10(14)11-5-8-13(9-11)7-4-6-12(2)3/h10-11,14H,4-9H2,1-3H3. The van der Waals surface area contributed by atoms with Crippen LogP contribution in [0.2, 0.25) is 0 Å². The number of aliphatic hydroxyl groups excluding tert-OH is 1. The van der Waals surface area contributed by atoms with Crippen LogP contribution in [0.15, 0.2) is 0 Å². The van der Waals surface area contributed by atoms with Crippen LogP contribution < -0.4 is 0 Å². The topological polar surface area (TPSA) is 26.7 Å².